The highest BCUT2D eigenvalue weighted by molar-refractivity contribution is 7.89. The maximum Gasteiger partial charge on any atom is 0.240 e. The first-order valence-electron chi connectivity index (χ1n) is 9.01. The van der Waals surface area contributed by atoms with E-state index in [-0.39, 0.29) is 23.3 Å². The lowest BCUT2D eigenvalue weighted by Gasteiger charge is -2.35. The number of hydrogen-bond acceptors (Lipinski definition) is 4. The number of nitrogens with zero attached hydrogens (tertiary/aromatic N) is 1. The zero-order valence-corrected chi connectivity index (χ0v) is 15.3. The zero-order chi connectivity index (χ0) is 18.1. The molecule has 0 atom stereocenters. The van der Waals surface area contributed by atoms with Gasteiger partial charge in [-0.1, -0.05) is 6.42 Å². The number of aryl methyl sites for hydroxylation is 1. The Labute approximate surface area is 153 Å². The Morgan fingerprint density at radius 1 is 1.23 bits per heavy atom. The predicted octanol–water partition coefficient (Wildman–Crippen LogP) is 2.84. The van der Waals surface area contributed by atoms with Gasteiger partial charge in [0.15, 0.2) is 0 Å². The number of amides is 1. The van der Waals surface area contributed by atoms with Crippen LogP contribution in [0.25, 0.3) is 0 Å². The number of anilines is 1. The second-order valence-electron chi connectivity index (χ2n) is 6.92. The van der Waals surface area contributed by atoms with Gasteiger partial charge >= 0.3 is 0 Å². The second kappa shape index (κ2) is 6.89. The van der Waals surface area contributed by atoms with E-state index in [1.54, 1.807) is 30.3 Å². The van der Waals surface area contributed by atoms with Crippen LogP contribution in [0.15, 0.2) is 45.9 Å². The van der Waals surface area contributed by atoms with E-state index in [0.717, 1.165) is 43.4 Å². The minimum Gasteiger partial charge on any atom is -0.468 e. The van der Waals surface area contributed by atoms with E-state index < -0.39 is 10.0 Å². The van der Waals surface area contributed by atoms with Crippen LogP contribution in [0.2, 0.25) is 0 Å². The van der Waals surface area contributed by atoms with Gasteiger partial charge in [0.2, 0.25) is 15.9 Å². The first kappa shape index (κ1) is 17.3. The number of carbonyl (C=O) groups is 1. The summed E-state index contributed by atoms with van der Waals surface area (Å²) in [7, 11) is -3.63. The molecular weight excluding hydrogens is 352 g/mol. The molecule has 6 nitrogen and oxygen atoms in total. The summed E-state index contributed by atoms with van der Waals surface area (Å²) in [5.74, 6) is 0.881. The minimum absolute atomic E-state index is 0.110. The van der Waals surface area contributed by atoms with Crippen molar-refractivity contribution in [1.29, 1.82) is 0 Å². The van der Waals surface area contributed by atoms with Crippen LogP contribution >= 0.6 is 0 Å². The number of nitrogens with one attached hydrogen (secondary N) is 1. The number of fused-ring (bicyclic) bond motifs is 1. The molecule has 1 aromatic heterocycles. The number of sulfonamides is 1. The predicted molar refractivity (Wildman–Crippen MR) is 97.2 cm³/mol. The standard InChI is InChI=1S/C19H22N2O4S/c22-19(14-4-1-5-14)21-10-2-6-15-12-17(8-9-18(15)21)26(23,24)20-13-16-7-3-11-25-16/h3,7-9,11-12,14,20H,1-2,4-6,10,13H2. The number of carbonyl (C=O) groups excluding carboxylic acids is 1. The third-order valence-electron chi connectivity index (χ3n) is 5.22. The van der Waals surface area contributed by atoms with E-state index in [1.807, 2.05) is 4.90 Å². The fraction of sp³-hybridized carbons (Fsp3) is 0.421. The number of rotatable bonds is 5. The molecule has 7 heteroatoms. The van der Waals surface area contributed by atoms with Crippen molar-refractivity contribution in [2.24, 2.45) is 5.92 Å². The molecule has 2 aromatic rings. The summed E-state index contributed by atoms with van der Waals surface area (Å²) in [6.07, 6.45) is 6.20. The summed E-state index contributed by atoms with van der Waals surface area (Å²) in [6, 6.07) is 8.48. The fourth-order valence-electron chi connectivity index (χ4n) is 3.51. The Balaban J connectivity index is 1.55. The summed E-state index contributed by atoms with van der Waals surface area (Å²) >= 11 is 0. The van der Waals surface area contributed by atoms with E-state index in [1.165, 1.54) is 6.26 Å². The van der Waals surface area contributed by atoms with Crippen LogP contribution in [0.5, 0.6) is 0 Å². The first-order chi connectivity index (χ1) is 12.5. The van der Waals surface area contributed by atoms with Crippen LogP contribution in [0, 0.1) is 5.92 Å². The molecule has 1 saturated carbocycles. The summed E-state index contributed by atoms with van der Waals surface area (Å²) in [6.45, 7) is 0.823. The van der Waals surface area contributed by atoms with Gasteiger partial charge in [-0.2, -0.15) is 0 Å². The van der Waals surface area contributed by atoms with Crippen LogP contribution in [0.1, 0.15) is 37.0 Å². The molecule has 1 fully saturated rings. The van der Waals surface area contributed by atoms with Crippen LogP contribution < -0.4 is 9.62 Å². The molecule has 0 saturated heterocycles. The van der Waals surface area contributed by atoms with Crippen LogP contribution in [-0.2, 0) is 27.8 Å². The van der Waals surface area contributed by atoms with Crippen molar-refractivity contribution in [3.05, 3.63) is 47.9 Å². The molecule has 0 spiro atoms. The van der Waals surface area contributed by atoms with Gasteiger partial charge in [0.25, 0.3) is 0 Å². The fourth-order valence-corrected chi connectivity index (χ4v) is 4.55. The van der Waals surface area contributed by atoms with E-state index in [0.29, 0.717) is 12.3 Å². The van der Waals surface area contributed by atoms with Gasteiger partial charge in [0.05, 0.1) is 17.7 Å². The van der Waals surface area contributed by atoms with Crippen LogP contribution in [0.3, 0.4) is 0 Å². The van der Waals surface area contributed by atoms with Crippen molar-refractivity contribution in [2.45, 2.75) is 43.5 Å². The number of furan rings is 1. The van der Waals surface area contributed by atoms with Crippen molar-refractivity contribution in [2.75, 3.05) is 11.4 Å². The Hall–Kier alpha value is -2.12. The first-order valence-corrected chi connectivity index (χ1v) is 10.5. The van der Waals surface area contributed by atoms with Crippen molar-refractivity contribution in [3.63, 3.8) is 0 Å². The molecule has 1 aliphatic heterocycles. The molecule has 138 valence electrons. The third kappa shape index (κ3) is 3.29. The Bertz CT molecular complexity index is 902. The van der Waals surface area contributed by atoms with Crippen molar-refractivity contribution < 1.29 is 17.6 Å². The monoisotopic (exact) mass is 374 g/mol. The van der Waals surface area contributed by atoms with E-state index in [2.05, 4.69) is 4.72 Å². The maximum absolute atomic E-state index is 12.6. The summed E-state index contributed by atoms with van der Waals surface area (Å²) in [4.78, 5) is 14.7. The SMILES string of the molecule is O=C(C1CCC1)N1CCCc2cc(S(=O)(=O)NCc3ccco3)ccc21. The van der Waals surface area contributed by atoms with Crippen molar-refractivity contribution in [1.82, 2.24) is 4.72 Å². The van der Waals surface area contributed by atoms with E-state index in [4.69, 9.17) is 4.42 Å². The van der Waals surface area contributed by atoms with Gasteiger partial charge < -0.3 is 9.32 Å². The molecule has 0 bridgehead atoms. The smallest absolute Gasteiger partial charge is 0.240 e. The van der Waals surface area contributed by atoms with Crippen molar-refractivity contribution >= 4 is 21.6 Å². The summed E-state index contributed by atoms with van der Waals surface area (Å²) < 4.78 is 32.8. The second-order valence-corrected chi connectivity index (χ2v) is 8.68. The van der Waals surface area contributed by atoms with Crippen LogP contribution in [0.4, 0.5) is 5.69 Å². The minimum atomic E-state index is -3.63. The lowest BCUT2D eigenvalue weighted by Crippen LogP contribution is -2.41. The highest BCUT2D eigenvalue weighted by Gasteiger charge is 2.32. The Morgan fingerprint density at radius 3 is 2.77 bits per heavy atom. The topological polar surface area (TPSA) is 79.6 Å². The molecule has 1 aromatic carbocycles. The lowest BCUT2D eigenvalue weighted by molar-refractivity contribution is -0.124. The average molecular weight is 374 g/mol. The lowest BCUT2D eigenvalue weighted by atomic mass is 9.83. The molecule has 1 aliphatic carbocycles. The maximum atomic E-state index is 12.6. The molecule has 2 heterocycles. The third-order valence-corrected chi connectivity index (χ3v) is 6.62. The van der Waals surface area contributed by atoms with E-state index >= 15 is 0 Å². The van der Waals surface area contributed by atoms with Gasteiger partial charge in [-0.25, -0.2) is 13.1 Å². The van der Waals surface area contributed by atoms with E-state index in [9.17, 15) is 13.2 Å². The quantitative estimate of drug-likeness (QED) is 0.873. The molecule has 2 aliphatic rings. The Morgan fingerprint density at radius 2 is 2.08 bits per heavy atom. The highest BCUT2D eigenvalue weighted by atomic mass is 32.2. The molecule has 26 heavy (non-hydrogen) atoms. The largest absolute Gasteiger partial charge is 0.468 e. The van der Waals surface area contributed by atoms with Gasteiger partial charge in [0.1, 0.15) is 5.76 Å². The molecule has 1 amide bonds. The van der Waals surface area contributed by atoms with Gasteiger partial charge in [-0.3, -0.25) is 4.79 Å². The molecule has 1 N–H and O–H groups in total. The van der Waals surface area contributed by atoms with Gasteiger partial charge in [-0.15, -0.1) is 0 Å². The molecule has 4 rings (SSSR count). The number of benzene rings is 1. The zero-order valence-electron chi connectivity index (χ0n) is 14.5. The molecule has 0 unspecified atom stereocenters. The Kier molecular flexibility index (Phi) is 4.58. The van der Waals surface area contributed by atoms with Crippen molar-refractivity contribution in [3.8, 4) is 0 Å². The summed E-state index contributed by atoms with van der Waals surface area (Å²) in [5.41, 5.74) is 1.78. The average Bonchev–Trinajstić information content (AvgIpc) is 3.11. The van der Waals surface area contributed by atoms with Gasteiger partial charge in [0, 0.05) is 18.2 Å². The summed E-state index contributed by atoms with van der Waals surface area (Å²) in [5, 5.41) is 0. The normalized spacial score (nSPS) is 17.6. The molecular formula is C19H22N2O4S. The van der Waals surface area contributed by atoms with Crippen LogP contribution in [-0.4, -0.2) is 20.9 Å². The highest BCUT2D eigenvalue weighted by Crippen LogP contribution is 2.34. The molecule has 0 radical (unpaired) electrons. The number of hydrogen-bond donors (Lipinski definition) is 1. The van der Waals surface area contributed by atoms with Gasteiger partial charge in [-0.05, 0) is 61.6 Å².